The highest BCUT2D eigenvalue weighted by molar-refractivity contribution is 7.08. The van der Waals surface area contributed by atoms with E-state index >= 15 is 0 Å². The van der Waals surface area contributed by atoms with E-state index in [1.54, 1.807) is 23.5 Å². The largest absolute Gasteiger partial charge is 0.308 e. The molecule has 0 N–H and O–H groups in total. The summed E-state index contributed by atoms with van der Waals surface area (Å²) in [6.45, 7) is 0. The lowest BCUT2D eigenvalue weighted by atomic mass is 10.0. The number of pyridine rings is 1. The minimum atomic E-state index is -0.0852. The Balaban J connectivity index is 1.93. The molecule has 134 valence electrons. The SMILES string of the molecule is O=Cc1cc2ccccc2n2c(-c3ccsc3)cc(C(=O)c3ccccc3)c12. The zero-order valence-electron chi connectivity index (χ0n) is 14.8. The number of hydrogen-bond acceptors (Lipinski definition) is 3. The van der Waals surface area contributed by atoms with Crippen LogP contribution in [0.1, 0.15) is 26.3 Å². The summed E-state index contributed by atoms with van der Waals surface area (Å²) in [5.74, 6) is -0.0852. The molecule has 0 unspecified atom stereocenters. The van der Waals surface area contributed by atoms with E-state index in [4.69, 9.17) is 0 Å². The zero-order valence-corrected chi connectivity index (χ0v) is 15.6. The Bertz CT molecular complexity index is 1330. The standard InChI is InChI=1S/C24H15NO2S/c26-14-19-12-17-8-4-5-9-21(17)25-22(18-10-11-28-15-18)13-20(23(19)25)24(27)16-6-2-1-3-7-16/h1-15H. The maximum atomic E-state index is 13.3. The van der Waals surface area contributed by atoms with Gasteiger partial charge in [0.2, 0.25) is 0 Å². The van der Waals surface area contributed by atoms with Crippen LogP contribution in [0.15, 0.2) is 83.6 Å². The summed E-state index contributed by atoms with van der Waals surface area (Å²) < 4.78 is 2.04. The maximum Gasteiger partial charge on any atom is 0.195 e. The van der Waals surface area contributed by atoms with Crippen LogP contribution in [0.25, 0.3) is 27.7 Å². The monoisotopic (exact) mass is 381 g/mol. The predicted octanol–water partition coefficient (Wildman–Crippen LogP) is 5.86. The van der Waals surface area contributed by atoms with Gasteiger partial charge in [0.05, 0.1) is 16.7 Å². The Kier molecular flexibility index (Phi) is 3.92. The molecule has 0 amide bonds. The first-order chi connectivity index (χ1) is 13.8. The summed E-state index contributed by atoms with van der Waals surface area (Å²) in [5, 5.41) is 5.03. The molecular formula is C24H15NO2S. The van der Waals surface area contributed by atoms with Gasteiger partial charge in [-0.1, -0.05) is 48.5 Å². The fourth-order valence-corrected chi connectivity index (χ4v) is 4.37. The summed E-state index contributed by atoms with van der Waals surface area (Å²) in [4.78, 5) is 25.3. The van der Waals surface area contributed by atoms with Crippen LogP contribution >= 0.6 is 11.3 Å². The number of carbonyl (C=O) groups is 2. The number of rotatable bonds is 4. The lowest BCUT2D eigenvalue weighted by Crippen LogP contribution is -2.03. The number of hydrogen-bond donors (Lipinski definition) is 0. The number of nitrogens with zero attached hydrogens (tertiary/aromatic N) is 1. The topological polar surface area (TPSA) is 38.5 Å². The van der Waals surface area contributed by atoms with Crippen molar-refractivity contribution in [3.05, 3.63) is 100 Å². The lowest BCUT2D eigenvalue weighted by molar-refractivity contribution is 0.104. The van der Waals surface area contributed by atoms with Crippen molar-refractivity contribution in [3.8, 4) is 11.3 Å². The van der Waals surface area contributed by atoms with Gasteiger partial charge in [-0.15, -0.1) is 0 Å². The Hall–Kier alpha value is -3.50. The van der Waals surface area contributed by atoms with E-state index in [0.717, 1.165) is 28.4 Å². The lowest BCUT2D eigenvalue weighted by Gasteiger charge is -2.09. The van der Waals surface area contributed by atoms with Crippen molar-refractivity contribution in [2.24, 2.45) is 0 Å². The summed E-state index contributed by atoms with van der Waals surface area (Å²) in [6.07, 6.45) is 0.834. The molecule has 0 aliphatic rings. The van der Waals surface area contributed by atoms with Crippen LogP contribution in [0.3, 0.4) is 0 Å². The number of ketones is 1. The van der Waals surface area contributed by atoms with Gasteiger partial charge in [0, 0.05) is 27.6 Å². The van der Waals surface area contributed by atoms with Crippen molar-refractivity contribution < 1.29 is 9.59 Å². The van der Waals surface area contributed by atoms with Crippen LogP contribution < -0.4 is 0 Å². The van der Waals surface area contributed by atoms with Crippen LogP contribution in [0.5, 0.6) is 0 Å². The van der Waals surface area contributed by atoms with Gasteiger partial charge in [-0.05, 0) is 35.0 Å². The van der Waals surface area contributed by atoms with E-state index in [9.17, 15) is 9.59 Å². The first kappa shape index (κ1) is 16.7. The first-order valence-electron chi connectivity index (χ1n) is 8.92. The van der Waals surface area contributed by atoms with Gasteiger partial charge in [-0.25, -0.2) is 0 Å². The molecule has 4 heteroatoms. The molecule has 5 rings (SSSR count). The summed E-state index contributed by atoms with van der Waals surface area (Å²) in [6, 6.07) is 22.9. The molecule has 28 heavy (non-hydrogen) atoms. The molecule has 0 fully saturated rings. The van der Waals surface area contributed by atoms with E-state index in [0.29, 0.717) is 22.2 Å². The van der Waals surface area contributed by atoms with Crippen LogP contribution in [0.2, 0.25) is 0 Å². The number of para-hydroxylation sites is 1. The summed E-state index contributed by atoms with van der Waals surface area (Å²) in [7, 11) is 0. The second-order valence-electron chi connectivity index (χ2n) is 6.61. The van der Waals surface area contributed by atoms with Gasteiger partial charge in [0.15, 0.2) is 12.1 Å². The van der Waals surface area contributed by atoms with Crippen molar-refractivity contribution in [3.63, 3.8) is 0 Å². The van der Waals surface area contributed by atoms with Crippen molar-refractivity contribution in [2.45, 2.75) is 0 Å². The molecular weight excluding hydrogens is 366 g/mol. The van der Waals surface area contributed by atoms with E-state index in [-0.39, 0.29) is 5.78 Å². The van der Waals surface area contributed by atoms with Crippen molar-refractivity contribution in [2.75, 3.05) is 0 Å². The van der Waals surface area contributed by atoms with Crippen LogP contribution in [0.4, 0.5) is 0 Å². The molecule has 0 aliphatic heterocycles. The van der Waals surface area contributed by atoms with E-state index in [1.165, 1.54) is 0 Å². The Labute approximate surface area is 165 Å². The number of aromatic nitrogens is 1. The molecule has 0 aliphatic carbocycles. The maximum absolute atomic E-state index is 13.3. The first-order valence-corrected chi connectivity index (χ1v) is 9.87. The number of benzene rings is 2. The van der Waals surface area contributed by atoms with E-state index in [2.05, 4.69) is 5.38 Å². The summed E-state index contributed by atoms with van der Waals surface area (Å²) >= 11 is 1.60. The van der Waals surface area contributed by atoms with Gasteiger partial charge in [0.25, 0.3) is 0 Å². The highest BCUT2D eigenvalue weighted by Gasteiger charge is 2.22. The molecule has 0 spiro atoms. The van der Waals surface area contributed by atoms with E-state index in [1.807, 2.05) is 70.4 Å². The highest BCUT2D eigenvalue weighted by atomic mass is 32.1. The van der Waals surface area contributed by atoms with Gasteiger partial charge in [-0.2, -0.15) is 11.3 Å². The summed E-state index contributed by atoms with van der Waals surface area (Å²) in [5.41, 5.74) is 5.23. The number of fused-ring (bicyclic) bond motifs is 3. The molecule has 5 aromatic rings. The van der Waals surface area contributed by atoms with Gasteiger partial charge in [-0.3, -0.25) is 9.59 Å². The molecule has 0 bridgehead atoms. The average Bonchev–Trinajstić information content (AvgIpc) is 3.41. The van der Waals surface area contributed by atoms with Crippen LogP contribution in [0, 0.1) is 0 Å². The van der Waals surface area contributed by atoms with Crippen molar-refractivity contribution in [1.29, 1.82) is 0 Å². The highest BCUT2D eigenvalue weighted by Crippen LogP contribution is 2.34. The molecule has 2 aromatic carbocycles. The predicted molar refractivity (Wildman–Crippen MR) is 113 cm³/mol. The zero-order chi connectivity index (χ0) is 19.1. The van der Waals surface area contributed by atoms with Crippen LogP contribution in [-0.2, 0) is 0 Å². The van der Waals surface area contributed by atoms with E-state index < -0.39 is 0 Å². The van der Waals surface area contributed by atoms with Gasteiger partial charge < -0.3 is 4.40 Å². The fraction of sp³-hybridized carbons (Fsp3) is 0. The van der Waals surface area contributed by atoms with Crippen molar-refractivity contribution >= 4 is 39.8 Å². The number of carbonyl (C=O) groups excluding carboxylic acids is 2. The molecule has 3 aromatic heterocycles. The Morgan fingerprint density at radius 1 is 0.929 bits per heavy atom. The molecule has 3 nitrogen and oxygen atoms in total. The minimum absolute atomic E-state index is 0.0852. The minimum Gasteiger partial charge on any atom is -0.308 e. The third-order valence-electron chi connectivity index (χ3n) is 4.99. The molecule has 0 atom stereocenters. The second kappa shape index (κ2) is 6.59. The van der Waals surface area contributed by atoms with Crippen molar-refractivity contribution in [1.82, 2.24) is 4.40 Å². The molecule has 0 radical (unpaired) electrons. The number of aldehydes is 1. The third-order valence-corrected chi connectivity index (χ3v) is 5.67. The Morgan fingerprint density at radius 3 is 2.46 bits per heavy atom. The second-order valence-corrected chi connectivity index (χ2v) is 7.39. The molecule has 0 saturated heterocycles. The smallest absolute Gasteiger partial charge is 0.195 e. The number of thiophene rings is 1. The molecule has 3 heterocycles. The average molecular weight is 381 g/mol. The van der Waals surface area contributed by atoms with Gasteiger partial charge in [0.1, 0.15) is 0 Å². The normalized spacial score (nSPS) is 11.1. The van der Waals surface area contributed by atoms with Gasteiger partial charge >= 0.3 is 0 Å². The Morgan fingerprint density at radius 2 is 1.71 bits per heavy atom. The molecule has 0 saturated carbocycles. The third kappa shape index (κ3) is 2.50. The fourth-order valence-electron chi connectivity index (χ4n) is 3.73. The van der Waals surface area contributed by atoms with Crippen LogP contribution in [-0.4, -0.2) is 16.5 Å². The quantitative estimate of drug-likeness (QED) is 0.289.